The third-order valence-electron chi connectivity index (χ3n) is 4.55. The molecule has 2 aromatic carbocycles. The number of likely N-dealkylation sites (tertiary alicyclic amines) is 1. The molecule has 0 saturated carbocycles. The number of carbonyl (C=O) groups is 1. The number of Topliss-reactive ketones (excluding diaryl/α,β-unsaturated/α-hetero) is 1. The molecule has 1 aliphatic rings. The van der Waals surface area contributed by atoms with E-state index in [0.717, 1.165) is 38.9 Å². The third kappa shape index (κ3) is 3.83. The van der Waals surface area contributed by atoms with Crippen LogP contribution in [0.4, 0.5) is 0 Å². The number of nitrogens with zero attached hydrogens (tertiary/aromatic N) is 1. The molecule has 1 heterocycles. The SMILES string of the molecule is O=C1CCN(CCC(c2ccccc2)c2ccccc2)CC1. The number of hydrogen-bond donors (Lipinski definition) is 0. The van der Waals surface area contributed by atoms with Crippen LogP contribution < -0.4 is 0 Å². The molecule has 114 valence electrons. The minimum Gasteiger partial charge on any atom is -0.302 e. The molecular weight excluding hydrogens is 270 g/mol. The van der Waals surface area contributed by atoms with Crippen molar-refractivity contribution in [1.29, 1.82) is 0 Å². The lowest BCUT2D eigenvalue weighted by Gasteiger charge is -2.28. The summed E-state index contributed by atoms with van der Waals surface area (Å²) in [6.07, 6.45) is 2.55. The van der Waals surface area contributed by atoms with Gasteiger partial charge in [0, 0.05) is 31.8 Å². The number of benzene rings is 2. The molecule has 0 spiro atoms. The predicted octanol–water partition coefficient (Wildman–Crippen LogP) is 3.87. The lowest BCUT2D eigenvalue weighted by atomic mass is 9.88. The van der Waals surface area contributed by atoms with E-state index in [1.807, 2.05) is 0 Å². The lowest BCUT2D eigenvalue weighted by molar-refractivity contribution is -0.121. The van der Waals surface area contributed by atoms with E-state index in [2.05, 4.69) is 65.6 Å². The van der Waals surface area contributed by atoms with E-state index in [9.17, 15) is 4.79 Å². The van der Waals surface area contributed by atoms with Crippen molar-refractivity contribution < 1.29 is 4.79 Å². The van der Waals surface area contributed by atoms with Crippen LogP contribution in [0, 0.1) is 0 Å². The van der Waals surface area contributed by atoms with Crippen LogP contribution in [-0.4, -0.2) is 30.3 Å². The molecule has 2 nitrogen and oxygen atoms in total. The Balaban J connectivity index is 1.71. The fourth-order valence-electron chi connectivity index (χ4n) is 3.23. The van der Waals surface area contributed by atoms with Crippen molar-refractivity contribution in [3.8, 4) is 0 Å². The maximum Gasteiger partial charge on any atom is 0.135 e. The smallest absolute Gasteiger partial charge is 0.135 e. The quantitative estimate of drug-likeness (QED) is 0.834. The molecule has 0 aromatic heterocycles. The summed E-state index contributed by atoms with van der Waals surface area (Å²) in [6, 6.07) is 21.5. The van der Waals surface area contributed by atoms with Gasteiger partial charge in [-0.25, -0.2) is 0 Å². The monoisotopic (exact) mass is 293 g/mol. The van der Waals surface area contributed by atoms with Gasteiger partial charge >= 0.3 is 0 Å². The average molecular weight is 293 g/mol. The molecule has 0 N–H and O–H groups in total. The zero-order valence-electron chi connectivity index (χ0n) is 12.9. The first kappa shape index (κ1) is 15.0. The van der Waals surface area contributed by atoms with Gasteiger partial charge in [-0.15, -0.1) is 0 Å². The molecule has 0 unspecified atom stereocenters. The van der Waals surface area contributed by atoms with Gasteiger partial charge < -0.3 is 4.90 Å². The van der Waals surface area contributed by atoms with E-state index in [1.54, 1.807) is 0 Å². The van der Waals surface area contributed by atoms with Crippen molar-refractivity contribution in [1.82, 2.24) is 4.90 Å². The molecule has 1 fully saturated rings. The van der Waals surface area contributed by atoms with E-state index in [-0.39, 0.29) is 0 Å². The first-order valence-electron chi connectivity index (χ1n) is 8.17. The summed E-state index contributed by atoms with van der Waals surface area (Å²) < 4.78 is 0. The van der Waals surface area contributed by atoms with Gasteiger partial charge in [-0.1, -0.05) is 60.7 Å². The van der Waals surface area contributed by atoms with Crippen molar-refractivity contribution in [3.63, 3.8) is 0 Å². The molecule has 0 radical (unpaired) electrons. The first-order chi connectivity index (χ1) is 10.8. The summed E-state index contributed by atoms with van der Waals surface area (Å²) >= 11 is 0. The van der Waals surface area contributed by atoms with E-state index < -0.39 is 0 Å². The molecule has 2 aromatic rings. The van der Waals surface area contributed by atoms with Gasteiger partial charge in [-0.05, 0) is 24.1 Å². The topological polar surface area (TPSA) is 20.3 Å². The van der Waals surface area contributed by atoms with Gasteiger partial charge in [0.15, 0.2) is 0 Å². The largest absolute Gasteiger partial charge is 0.302 e. The molecule has 1 saturated heterocycles. The molecule has 1 aliphatic heterocycles. The highest BCUT2D eigenvalue weighted by Crippen LogP contribution is 2.28. The molecular formula is C20H23NO. The highest BCUT2D eigenvalue weighted by Gasteiger charge is 2.19. The normalized spacial score (nSPS) is 16.1. The zero-order chi connectivity index (χ0) is 15.2. The van der Waals surface area contributed by atoms with E-state index >= 15 is 0 Å². The second-order valence-electron chi connectivity index (χ2n) is 6.04. The molecule has 2 heteroatoms. The number of piperidine rings is 1. The standard InChI is InChI=1S/C20H23NO/c22-19-11-14-21(15-12-19)16-13-20(17-7-3-1-4-8-17)18-9-5-2-6-10-18/h1-10,20H,11-16H2. The predicted molar refractivity (Wildman–Crippen MR) is 90.0 cm³/mol. The van der Waals surface area contributed by atoms with Gasteiger partial charge in [0.05, 0.1) is 0 Å². The second-order valence-corrected chi connectivity index (χ2v) is 6.04. The first-order valence-corrected chi connectivity index (χ1v) is 8.17. The Kier molecular flexibility index (Phi) is 5.02. The Hall–Kier alpha value is -1.93. The summed E-state index contributed by atoms with van der Waals surface area (Å²) in [4.78, 5) is 13.8. The van der Waals surface area contributed by atoms with Gasteiger partial charge in [-0.2, -0.15) is 0 Å². The molecule has 0 atom stereocenters. The summed E-state index contributed by atoms with van der Waals surface area (Å²) in [5, 5.41) is 0. The highest BCUT2D eigenvalue weighted by molar-refractivity contribution is 5.79. The van der Waals surface area contributed by atoms with Gasteiger partial charge in [-0.3, -0.25) is 4.79 Å². The maximum atomic E-state index is 11.4. The van der Waals surface area contributed by atoms with Crippen LogP contribution in [-0.2, 0) is 4.79 Å². The summed E-state index contributed by atoms with van der Waals surface area (Å²) in [7, 11) is 0. The fourth-order valence-corrected chi connectivity index (χ4v) is 3.23. The van der Waals surface area contributed by atoms with Crippen molar-refractivity contribution in [2.45, 2.75) is 25.2 Å². The lowest BCUT2D eigenvalue weighted by Crippen LogP contribution is -2.35. The Morgan fingerprint density at radius 2 is 1.32 bits per heavy atom. The average Bonchev–Trinajstić information content (AvgIpc) is 2.59. The van der Waals surface area contributed by atoms with Gasteiger partial charge in [0.2, 0.25) is 0 Å². The van der Waals surface area contributed by atoms with Crippen LogP contribution >= 0.6 is 0 Å². The molecule has 0 amide bonds. The molecule has 0 aliphatic carbocycles. The van der Waals surface area contributed by atoms with Crippen LogP contribution in [0.1, 0.15) is 36.3 Å². The van der Waals surface area contributed by atoms with Crippen molar-refractivity contribution in [2.75, 3.05) is 19.6 Å². The van der Waals surface area contributed by atoms with Crippen LogP contribution in [0.25, 0.3) is 0 Å². The van der Waals surface area contributed by atoms with Crippen LogP contribution in [0.2, 0.25) is 0 Å². The number of carbonyl (C=O) groups excluding carboxylic acids is 1. The Bertz CT molecular complexity index is 544. The van der Waals surface area contributed by atoms with Crippen molar-refractivity contribution >= 4 is 5.78 Å². The molecule has 3 rings (SSSR count). The van der Waals surface area contributed by atoms with Gasteiger partial charge in [0.1, 0.15) is 5.78 Å². The third-order valence-corrected chi connectivity index (χ3v) is 4.55. The highest BCUT2D eigenvalue weighted by atomic mass is 16.1. The van der Waals surface area contributed by atoms with E-state index in [1.165, 1.54) is 11.1 Å². The number of rotatable bonds is 5. The maximum absolute atomic E-state index is 11.4. The van der Waals surface area contributed by atoms with E-state index in [4.69, 9.17) is 0 Å². The Morgan fingerprint density at radius 1 is 0.818 bits per heavy atom. The van der Waals surface area contributed by atoms with Gasteiger partial charge in [0.25, 0.3) is 0 Å². The second kappa shape index (κ2) is 7.37. The zero-order valence-corrected chi connectivity index (χ0v) is 12.9. The summed E-state index contributed by atoms with van der Waals surface area (Å²) in [5.74, 6) is 0.846. The fraction of sp³-hybridized carbons (Fsp3) is 0.350. The van der Waals surface area contributed by atoms with Crippen LogP contribution in [0.3, 0.4) is 0 Å². The number of ketones is 1. The van der Waals surface area contributed by atoms with E-state index in [0.29, 0.717) is 11.7 Å². The Labute approximate surface area is 132 Å². The minimum atomic E-state index is 0.416. The van der Waals surface area contributed by atoms with Crippen molar-refractivity contribution in [2.24, 2.45) is 0 Å². The molecule has 22 heavy (non-hydrogen) atoms. The minimum absolute atomic E-state index is 0.416. The summed E-state index contributed by atoms with van der Waals surface area (Å²) in [6.45, 7) is 2.91. The Morgan fingerprint density at radius 3 is 1.82 bits per heavy atom. The van der Waals surface area contributed by atoms with Crippen LogP contribution in [0.5, 0.6) is 0 Å². The van der Waals surface area contributed by atoms with Crippen LogP contribution in [0.15, 0.2) is 60.7 Å². The molecule has 0 bridgehead atoms. The summed E-state index contributed by atoms with van der Waals surface area (Å²) in [5.41, 5.74) is 2.75. The number of hydrogen-bond acceptors (Lipinski definition) is 2. The van der Waals surface area contributed by atoms with Crippen molar-refractivity contribution in [3.05, 3.63) is 71.8 Å².